The first-order chi connectivity index (χ1) is 8.36. The number of aryl methyl sites for hydroxylation is 1. The van der Waals surface area contributed by atoms with Crippen LogP contribution in [-0.2, 0) is 11.2 Å². The molecule has 1 aromatic rings. The zero-order valence-corrected chi connectivity index (χ0v) is 10.9. The molecule has 0 saturated carbocycles. The lowest BCUT2D eigenvalue weighted by Crippen LogP contribution is -2.37. The molecular weight excluding hydrogens is 210 g/mol. The molecule has 0 radical (unpaired) electrons. The average molecular weight is 233 g/mol. The lowest BCUT2D eigenvalue weighted by molar-refractivity contribution is 0.0164. The van der Waals surface area contributed by atoms with E-state index < -0.39 is 0 Å². The van der Waals surface area contributed by atoms with Gasteiger partial charge in [0.15, 0.2) is 0 Å². The Morgan fingerprint density at radius 1 is 1.29 bits per heavy atom. The van der Waals surface area contributed by atoms with E-state index >= 15 is 0 Å². The first-order valence-corrected chi connectivity index (χ1v) is 6.79. The Kier molecular flexibility index (Phi) is 4.57. The molecule has 2 unspecified atom stereocenters. The number of nitrogens with one attached hydrogen (secondary N) is 1. The van der Waals surface area contributed by atoms with Gasteiger partial charge in [0.1, 0.15) is 0 Å². The van der Waals surface area contributed by atoms with Crippen LogP contribution < -0.4 is 5.32 Å². The maximum atomic E-state index is 5.99. The van der Waals surface area contributed by atoms with Crippen molar-refractivity contribution in [3.05, 3.63) is 35.4 Å². The van der Waals surface area contributed by atoms with Gasteiger partial charge in [-0.3, -0.25) is 0 Å². The summed E-state index contributed by atoms with van der Waals surface area (Å²) in [4.78, 5) is 0. The summed E-state index contributed by atoms with van der Waals surface area (Å²) in [5.74, 6) is 0. The highest BCUT2D eigenvalue weighted by Gasteiger charge is 2.28. The third kappa shape index (κ3) is 2.88. The van der Waals surface area contributed by atoms with Crippen LogP contribution in [0.3, 0.4) is 0 Å². The summed E-state index contributed by atoms with van der Waals surface area (Å²) in [5.41, 5.74) is 2.91. The molecule has 0 fully saturated rings. The van der Waals surface area contributed by atoms with Gasteiger partial charge in [0, 0.05) is 6.61 Å². The summed E-state index contributed by atoms with van der Waals surface area (Å²) in [5, 5.41) is 3.57. The number of likely N-dealkylation sites (N-methyl/N-ethyl adjacent to an activating group) is 1. The molecule has 2 heteroatoms. The van der Waals surface area contributed by atoms with Crippen LogP contribution in [-0.4, -0.2) is 19.3 Å². The van der Waals surface area contributed by atoms with Gasteiger partial charge in [0.2, 0.25) is 0 Å². The summed E-state index contributed by atoms with van der Waals surface area (Å²) in [6, 6.07) is 9.12. The summed E-state index contributed by atoms with van der Waals surface area (Å²) in [7, 11) is 0. The van der Waals surface area contributed by atoms with Crippen molar-refractivity contribution in [3.8, 4) is 0 Å². The molecule has 94 valence electrons. The van der Waals surface area contributed by atoms with Crippen LogP contribution in [0.5, 0.6) is 0 Å². The second-order valence-electron chi connectivity index (χ2n) is 4.68. The Balaban J connectivity index is 2.16. The highest BCUT2D eigenvalue weighted by Crippen LogP contribution is 2.31. The minimum Gasteiger partial charge on any atom is -0.376 e. The lowest BCUT2D eigenvalue weighted by atomic mass is 9.85. The smallest absolute Gasteiger partial charge is 0.0773 e. The summed E-state index contributed by atoms with van der Waals surface area (Å²) in [6.45, 7) is 6.19. The SMILES string of the molecule is CCCOC1CCc2ccccc2C1NCC. The molecule has 0 bridgehead atoms. The summed E-state index contributed by atoms with van der Waals surface area (Å²) < 4.78 is 5.99. The van der Waals surface area contributed by atoms with E-state index in [-0.39, 0.29) is 0 Å². The van der Waals surface area contributed by atoms with E-state index in [0.29, 0.717) is 12.1 Å². The Bertz CT molecular complexity index is 351. The molecular formula is C15H23NO. The van der Waals surface area contributed by atoms with E-state index in [1.807, 2.05) is 0 Å². The Hall–Kier alpha value is -0.860. The minimum absolute atomic E-state index is 0.338. The highest BCUT2D eigenvalue weighted by molar-refractivity contribution is 5.33. The molecule has 0 aromatic heterocycles. The topological polar surface area (TPSA) is 21.3 Å². The van der Waals surface area contributed by atoms with Gasteiger partial charge in [-0.15, -0.1) is 0 Å². The molecule has 1 N–H and O–H groups in total. The van der Waals surface area contributed by atoms with Crippen molar-refractivity contribution in [2.75, 3.05) is 13.2 Å². The molecule has 0 heterocycles. The fourth-order valence-corrected chi connectivity index (χ4v) is 2.64. The highest BCUT2D eigenvalue weighted by atomic mass is 16.5. The van der Waals surface area contributed by atoms with Crippen molar-refractivity contribution in [3.63, 3.8) is 0 Å². The maximum absolute atomic E-state index is 5.99. The van der Waals surface area contributed by atoms with Crippen molar-refractivity contribution in [1.29, 1.82) is 0 Å². The van der Waals surface area contributed by atoms with Gasteiger partial charge in [0.25, 0.3) is 0 Å². The normalized spacial score (nSPS) is 23.4. The number of fused-ring (bicyclic) bond motifs is 1. The number of rotatable bonds is 5. The van der Waals surface area contributed by atoms with E-state index in [1.54, 1.807) is 0 Å². The second kappa shape index (κ2) is 6.18. The van der Waals surface area contributed by atoms with Crippen LogP contribution in [0, 0.1) is 0 Å². The molecule has 1 aromatic carbocycles. The quantitative estimate of drug-likeness (QED) is 0.844. The molecule has 2 atom stereocenters. The van der Waals surface area contributed by atoms with Crippen LogP contribution in [0.2, 0.25) is 0 Å². The molecule has 0 spiro atoms. The van der Waals surface area contributed by atoms with E-state index in [1.165, 1.54) is 11.1 Å². The van der Waals surface area contributed by atoms with E-state index in [9.17, 15) is 0 Å². The fraction of sp³-hybridized carbons (Fsp3) is 0.600. The van der Waals surface area contributed by atoms with Crippen LogP contribution in [0.15, 0.2) is 24.3 Å². The van der Waals surface area contributed by atoms with E-state index in [4.69, 9.17) is 4.74 Å². The standard InChI is InChI=1S/C15H23NO/c1-3-11-17-14-10-9-12-7-5-6-8-13(12)15(14)16-4-2/h5-8,14-16H,3-4,9-11H2,1-2H3. The van der Waals surface area contributed by atoms with Gasteiger partial charge >= 0.3 is 0 Å². The molecule has 1 aliphatic rings. The molecule has 1 aliphatic carbocycles. The van der Waals surface area contributed by atoms with Crippen molar-refractivity contribution in [2.45, 2.75) is 45.3 Å². The second-order valence-corrected chi connectivity index (χ2v) is 4.68. The Morgan fingerprint density at radius 2 is 2.12 bits per heavy atom. The predicted octanol–water partition coefficient (Wildman–Crippen LogP) is 3.08. The lowest BCUT2D eigenvalue weighted by Gasteiger charge is -2.34. The number of ether oxygens (including phenoxy) is 1. The molecule has 2 nitrogen and oxygen atoms in total. The van der Waals surface area contributed by atoms with Crippen molar-refractivity contribution in [2.24, 2.45) is 0 Å². The minimum atomic E-state index is 0.338. The van der Waals surface area contributed by atoms with Crippen molar-refractivity contribution in [1.82, 2.24) is 5.32 Å². The van der Waals surface area contributed by atoms with E-state index in [0.717, 1.165) is 32.4 Å². The first kappa shape index (κ1) is 12.6. The molecule has 2 rings (SSSR count). The van der Waals surface area contributed by atoms with Crippen LogP contribution in [0.4, 0.5) is 0 Å². The Morgan fingerprint density at radius 3 is 2.88 bits per heavy atom. The van der Waals surface area contributed by atoms with Gasteiger partial charge in [-0.25, -0.2) is 0 Å². The van der Waals surface area contributed by atoms with E-state index in [2.05, 4.69) is 43.4 Å². The van der Waals surface area contributed by atoms with Gasteiger partial charge in [-0.1, -0.05) is 38.1 Å². The summed E-state index contributed by atoms with van der Waals surface area (Å²) >= 11 is 0. The number of hydrogen-bond donors (Lipinski definition) is 1. The molecule has 0 aliphatic heterocycles. The maximum Gasteiger partial charge on any atom is 0.0773 e. The third-order valence-corrected chi connectivity index (χ3v) is 3.42. The van der Waals surface area contributed by atoms with Crippen LogP contribution >= 0.6 is 0 Å². The van der Waals surface area contributed by atoms with Crippen molar-refractivity contribution >= 4 is 0 Å². The fourth-order valence-electron chi connectivity index (χ4n) is 2.64. The van der Waals surface area contributed by atoms with Gasteiger partial charge in [-0.2, -0.15) is 0 Å². The zero-order valence-electron chi connectivity index (χ0n) is 10.9. The molecule has 17 heavy (non-hydrogen) atoms. The monoisotopic (exact) mass is 233 g/mol. The van der Waals surface area contributed by atoms with Gasteiger partial charge in [-0.05, 0) is 36.9 Å². The average Bonchev–Trinajstić information content (AvgIpc) is 2.38. The van der Waals surface area contributed by atoms with Gasteiger partial charge < -0.3 is 10.1 Å². The first-order valence-electron chi connectivity index (χ1n) is 6.79. The third-order valence-electron chi connectivity index (χ3n) is 3.42. The Labute approximate surface area is 104 Å². The van der Waals surface area contributed by atoms with Crippen LogP contribution in [0.1, 0.15) is 43.9 Å². The number of benzene rings is 1. The van der Waals surface area contributed by atoms with Crippen molar-refractivity contribution < 1.29 is 4.74 Å². The molecule has 0 amide bonds. The van der Waals surface area contributed by atoms with Crippen LogP contribution in [0.25, 0.3) is 0 Å². The van der Waals surface area contributed by atoms with Gasteiger partial charge in [0.05, 0.1) is 12.1 Å². The zero-order chi connectivity index (χ0) is 12.1. The largest absolute Gasteiger partial charge is 0.376 e. The predicted molar refractivity (Wildman–Crippen MR) is 71.2 cm³/mol. The number of hydrogen-bond acceptors (Lipinski definition) is 2. The molecule has 0 saturated heterocycles. The summed E-state index contributed by atoms with van der Waals surface area (Å²) in [6.07, 6.45) is 3.71.